The van der Waals surface area contributed by atoms with Gasteiger partial charge in [0.15, 0.2) is 14.6 Å². The second-order valence-electron chi connectivity index (χ2n) is 9.70. The number of nitro benzene ring substituents is 1. The molecule has 0 fully saturated rings. The van der Waals surface area contributed by atoms with Gasteiger partial charge in [0.25, 0.3) is 5.69 Å². The minimum absolute atomic E-state index is 0.00920. The second kappa shape index (κ2) is 9.03. The molecule has 0 amide bonds. The first-order valence-electron chi connectivity index (χ1n) is 10.7. The lowest BCUT2D eigenvalue weighted by atomic mass is 9.83. The normalized spacial score (nSPS) is 23.2. The first-order chi connectivity index (χ1) is 14.9. The van der Waals surface area contributed by atoms with Gasteiger partial charge in [-0.1, -0.05) is 39.0 Å². The zero-order chi connectivity index (χ0) is 23.7. The summed E-state index contributed by atoms with van der Waals surface area (Å²) in [5.41, 5.74) is 2.44. The average molecular weight is 458 g/mol. The Morgan fingerprint density at radius 3 is 2.44 bits per heavy atom. The summed E-state index contributed by atoms with van der Waals surface area (Å²) >= 11 is 0. The topological polar surface area (TPSA) is 87.9 Å². The first kappa shape index (κ1) is 23.9. The van der Waals surface area contributed by atoms with Crippen molar-refractivity contribution in [3.63, 3.8) is 0 Å². The van der Waals surface area contributed by atoms with Crippen molar-refractivity contribution in [1.82, 2.24) is 0 Å². The van der Waals surface area contributed by atoms with Gasteiger partial charge >= 0.3 is 5.97 Å². The predicted octanol–water partition coefficient (Wildman–Crippen LogP) is 5.61. The van der Waals surface area contributed by atoms with E-state index in [1.807, 2.05) is 12.2 Å². The van der Waals surface area contributed by atoms with Crippen LogP contribution in [-0.2, 0) is 18.7 Å². The Morgan fingerprint density at radius 1 is 1.22 bits per heavy atom. The van der Waals surface area contributed by atoms with Crippen molar-refractivity contribution >= 4 is 26.1 Å². The number of ether oxygens (including phenoxy) is 2. The summed E-state index contributed by atoms with van der Waals surface area (Å²) in [4.78, 5) is 22.8. The number of hydrogen-bond acceptors (Lipinski definition) is 6. The van der Waals surface area contributed by atoms with Crippen LogP contribution in [0.25, 0.3) is 6.08 Å². The third kappa shape index (κ3) is 4.86. The Labute approximate surface area is 190 Å². The Morgan fingerprint density at radius 2 is 1.88 bits per heavy atom. The number of benzene rings is 1. The highest BCUT2D eigenvalue weighted by atomic mass is 28.4. The number of fused-ring (bicyclic) bond motifs is 1. The molecule has 3 rings (SSSR count). The Bertz CT molecular complexity index is 971. The molecule has 0 N–H and O–H groups in total. The highest BCUT2D eigenvalue weighted by molar-refractivity contribution is 6.74. The third-order valence-corrected chi connectivity index (χ3v) is 11.1. The number of methoxy groups -OCH3 is 1. The maximum atomic E-state index is 12.3. The molecule has 7 nitrogen and oxygen atoms in total. The molecule has 0 saturated heterocycles. The predicted molar refractivity (Wildman–Crippen MR) is 125 cm³/mol. The smallest absolute Gasteiger partial charge is 0.337 e. The summed E-state index contributed by atoms with van der Waals surface area (Å²) in [5.74, 6) is -0.611. The van der Waals surface area contributed by atoms with Gasteiger partial charge in [0.05, 0.1) is 29.8 Å². The largest absolute Gasteiger partial charge is 0.472 e. The van der Waals surface area contributed by atoms with Gasteiger partial charge in [-0.25, -0.2) is 4.79 Å². The lowest BCUT2D eigenvalue weighted by Gasteiger charge is -2.43. The molecular weight excluding hydrogens is 426 g/mol. The highest BCUT2D eigenvalue weighted by Crippen LogP contribution is 2.47. The number of nitrogens with zero attached hydrogens (tertiary/aromatic N) is 1. The van der Waals surface area contributed by atoms with Crippen molar-refractivity contribution in [1.29, 1.82) is 0 Å². The fourth-order valence-corrected chi connectivity index (χ4v) is 4.86. The summed E-state index contributed by atoms with van der Waals surface area (Å²) < 4.78 is 17.6. The van der Waals surface area contributed by atoms with E-state index >= 15 is 0 Å². The molecule has 1 aromatic carbocycles. The van der Waals surface area contributed by atoms with E-state index in [1.165, 1.54) is 25.5 Å². The van der Waals surface area contributed by atoms with E-state index in [0.29, 0.717) is 12.0 Å². The van der Waals surface area contributed by atoms with E-state index < -0.39 is 19.5 Å². The van der Waals surface area contributed by atoms with Crippen molar-refractivity contribution in [2.45, 2.75) is 51.6 Å². The molecule has 172 valence electrons. The molecule has 3 atom stereocenters. The zero-order valence-electron chi connectivity index (χ0n) is 19.5. The van der Waals surface area contributed by atoms with E-state index in [2.05, 4.69) is 39.9 Å². The van der Waals surface area contributed by atoms with E-state index in [4.69, 9.17) is 13.9 Å². The minimum Gasteiger partial charge on any atom is -0.472 e. The number of non-ortho nitro benzene ring substituents is 1. The quantitative estimate of drug-likeness (QED) is 0.239. The van der Waals surface area contributed by atoms with Gasteiger partial charge in [-0.05, 0) is 47.8 Å². The van der Waals surface area contributed by atoms with Crippen LogP contribution in [0.5, 0.6) is 0 Å². The summed E-state index contributed by atoms with van der Waals surface area (Å²) in [6, 6.07) is 6.39. The van der Waals surface area contributed by atoms with Gasteiger partial charge in [-0.2, -0.15) is 0 Å². The average Bonchev–Trinajstić information content (AvgIpc) is 3.15. The van der Waals surface area contributed by atoms with Gasteiger partial charge in [0.1, 0.15) is 0 Å². The number of hydrogen-bond donors (Lipinski definition) is 0. The number of rotatable bonds is 6. The highest BCUT2D eigenvalue weighted by Gasteiger charge is 2.48. The van der Waals surface area contributed by atoms with E-state index in [9.17, 15) is 14.9 Å². The van der Waals surface area contributed by atoms with Crippen LogP contribution in [0.15, 0.2) is 53.8 Å². The van der Waals surface area contributed by atoms with E-state index in [1.54, 1.807) is 12.1 Å². The molecule has 1 unspecified atom stereocenters. The maximum Gasteiger partial charge on any atom is 0.337 e. The molecule has 1 aliphatic heterocycles. The molecule has 0 bridgehead atoms. The third-order valence-electron chi connectivity index (χ3n) is 6.66. The number of esters is 1. The number of allylic oxidation sites excluding steroid dienone is 2. The van der Waals surface area contributed by atoms with Gasteiger partial charge in [-0.15, -0.1) is 0 Å². The molecule has 2 aliphatic rings. The number of carbonyl (C=O) groups excluding carboxylic acids is 1. The molecular formula is C24H31NO6Si. The van der Waals surface area contributed by atoms with Crippen molar-refractivity contribution in [3.05, 3.63) is 69.5 Å². The van der Waals surface area contributed by atoms with Crippen LogP contribution in [0.4, 0.5) is 5.69 Å². The van der Waals surface area contributed by atoms with Gasteiger partial charge < -0.3 is 13.9 Å². The monoisotopic (exact) mass is 457 g/mol. The van der Waals surface area contributed by atoms with Crippen molar-refractivity contribution in [2.24, 2.45) is 11.8 Å². The van der Waals surface area contributed by atoms with Crippen LogP contribution >= 0.6 is 0 Å². The molecule has 0 spiro atoms. The van der Waals surface area contributed by atoms with E-state index in [0.717, 1.165) is 11.1 Å². The standard InChI is InChI=1S/C24H31NO6Si/c1-24(2,3)32(5,6)31-23-21-17(10-7-16-8-12-18(13-9-16)25(27)28)11-14-19(21)20(15-30-23)22(26)29-4/h7-13,15,19,21,23H,14H2,1-6H3/t19-,21-,23?/m1/s1. The number of nitro groups is 1. The summed E-state index contributed by atoms with van der Waals surface area (Å²) in [5, 5.41) is 10.9. The maximum absolute atomic E-state index is 12.3. The van der Waals surface area contributed by atoms with Crippen LogP contribution in [0.3, 0.4) is 0 Å². The van der Waals surface area contributed by atoms with Crippen molar-refractivity contribution < 1.29 is 23.6 Å². The van der Waals surface area contributed by atoms with E-state index in [-0.39, 0.29) is 28.5 Å². The Balaban J connectivity index is 1.88. The Hall–Kier alpha value is -2.71. The fourth-order valence-electron chi connectivity index (χ4n) is 3.72. The summed E-state index contributed by atoms with van der Waals surface area (Å²) in [6.07, 6.45) is 7.69. The minimum atomic E-state index is -2.13. The lowest BCUT2D eigenvalue weighted by Crippen LogP contribution is -2.48. The van der Waals surface area contributed by atoms with Crippen LogP contribution < -0.4 is 0 Å². The number of carbonyl (C=O) groups is 1. The van der Waals surface area contributed by atoms with Gasteiger partial charge in [-0.3, -0.25) is 10.1 Å². The fraction of sp³-hybridized carbons (Fsp3) is 0.458. The van der Waals surface area contributed by atoms with Crippen LogP contribution in [-0.4, -0.2) is 32.6 Å². The zero-order valence-corrected chi connectivity index (χ0v) is 20.5. The molecule has 8 heteroatoms. The van der Waals surface area contributed by atoms with Crippen LogP contribution in [0, 0.1) is 22.0 Å². The van der Waals surface area contributed by atoms with Crippen molar-refractivity contribution in [2.75, 3.05) is 7.11 Å². The molecule has 0 radical (unpaired) electrons. The molecule has 1 aromatic rings. The summed E-state index contributed by atoms with van der Waals surface area (Å²) in [7, 11) is -0.760. The SMILES string of the molecule is COC(=O)C1=COC(O[Si](C)(C)C(C)(C)C)[C@@H]2C(C=Cc3ccc([N+](=O)[O-])cc3)=CC[C@H]12. The Kier molecular flexibility index (Phi) is 6.76. The first-order valence-corrected chi connectivity index (χ1v) is 13.6. The summed E-state index contributed by atoms with van der Waals surface area (Å²) in [6.45, 7) is 10.9. The molecule has 32 heavy (non-hydrogen) atoms. The van der Waals surface area contributed by atoms with Gasteiger partial charge in [0.2, 0.25) is 0 Å². The molecule has 1 heterocycles. The van der Waals surface area contributed by atoms with Crippen LogP contribution in [0.2, 0.25) is 18.1 Å². The lowest BCUT2D eigenvalue weighted by molar-refractivity contribution is -0.384. The van der Waals surface area contributed by atoms with Gasteiger partial charge in [0, 0.05) is 18.1 Å². The molecule has 1 aliphatic carbocycles. The van der Waals surface area contributed by atoms with Crippen LogP contribution in [0.1, 0.15) is 32.8 Å². The van der Waals surface area contributed by atoms with Crippen molar-refractivity contribution in [3.8, 4) is 0 Å². The second-order valence-corrected chi connectivity index (χ2v) is 14.5. The molecule has 0 saturated carbocycles. The molecule has 0 aromatic heterocycles.